The quantitative estimate of drug-likeness (QED) is 0.234. The van der Waals surface area contributed by atoms with E-state index in [4.69, 9.17) is 4.74 Å². The summed E-state index contributed by atoms with van der Waals surface area (Å²) in [7, 11) is 4.69. The van der Waals surface area contributed by atoms with Crippen LogP contribution in [0.5, 0.6) is 0 Å². The molecule has 0 spiro atoms. The average molecular weight is 359 g/mol. The van der Waals surface area contributed by atoms with E-state index in [2.05, 4.69) is 20.4 Å². The van der Waals surface area contributed by atoms with Crippen LogP contribution >= 0.6 is 24.0 Å². The van der Waals surface area contributed by atoms with Crippen molar-refractivity contribution in [1.29, 1.82) is 0 Å². The Hall–Kier alpha value is -0.570. The second-order valence-electron chi connectivity index (χ2n) is 3.30. The molecule has 0 amide bonds. The van der Waals surface area contributed by atoms with Gasteiger partial charge in [-0.15, -0.1) is 24.0 Å². The zero-order valence-corrected chi connectivity index (χ0v) is 13.1. The van der Waals surface area contributed by atoms with E-state index >= 15 is 0 Å². The van der Waals surface area contributed by atoms with E-state index in [0.29, 0.717) is 25.7 Å². The number of guanidine groups is 1. The summed E-state index contributed by atoms with van der Waals surface area (Å²) in [5.41, 5.74) is 0. The summed E-state index contributed by atoms with van der Waals surface area (Å²) in [5, 5.41) is 6.07. The normalized spacial score (nSPS) is 12.4. The largest absolute Gasteiger partial charge is 0.469 e. The predicted octanol–water partition coefficient (Wildman–Crippen LogP) is 0.225. The summed E-state index contributed by atoms with van der Waals surface area (Å²) in [6, 6.07) is 0. The van der Waals surface area contributed by atoms with Gasteiger partial charge in [0.05, 0.1) is 19.6 Å². The molecule has 1 atom stereocenters. The van der Waals surface area contributed by atoms with Gasteiger partial charge >= 0.3 is 5.97 Å². The highest BCUT2D eigenvalue weighted by molar-refractivity contribution is 14.0. The summed E-state index contributed by atoms with van der Waals surface area (Å²) in [6.45, 7) is 3.55. The van der Waals surface area contributed by atoms with Gasteiger partial charge in [-0.2, -0.15) is 0 Å². The molecule has 0 aromatic rings. The van der Waals surface area contributed by atoms with Crippen LogP contribution in [0.4, 0.5) is 0 Å². The number of ether oxygens (including phenoxy) is 2. The van der Waals surface area contributed by atoms with Crippen LogP contribution in [0.25, 0.3) is 0 Å². The first-order valence-corrected chi connectivity index (χ1v) is 5.17. The third kappa shape index (κ3) is 9.16. The molecule has 0 saturated heterocycles. The van der Waals surface area contributed by atoms with Crippen LogP contribution < -0.4 is 10.6 Å². The monoisotopic (exact) mass is 359 g/mol. The van der Waals surface area contributed by atoms with Crippen LogP contribution in [0.15, 0.2) is 4.99 Å². The molecular formula is C10H22IN3O3. The molecule has 0 aliphatic rings. The van der Waals surface area contributed by atoms with Gasteiger partial charge in [-0.3, -0.25) is 9.79 Å². The summed E-state index contributed by atoms with van der Waals surface area (Å²) in [6.07, 6.45) is 0. The number of aliphatic imine (C=N–C) groups is 1. The van der Waals surface area contributed by atoms with E-state index in [9.17, 15) is 4.79 Å². The lowest BCUT2D eigenvalue weighted by Gasteiger charge is -2.14. The minimum Gasteiger partial charge on any atom is -0.469 e. The Labute approximate surface area is 120 Å². The third-order valence-electron chi connectivity index (χ3n) is 2.00. The molecule has 0 radical (unpaired) electrons. The molecule has 0 aliphatic carbocycles. The van der Waals surface area contributed by atoms with Crippen molar-refractivity contribution in [3.8, 4) is 0 Å². The number of hydrogen-bond acceptors (Lipinski definition) is 4. The van der Waals surface area contributed by atoms with Crippen molar-refractivity contribution in [2.75, 3.05) is 41.0 Å². The highest BCUT2D eigenvalue weighted by Gasteiger charge is 2.12. The van der Waals surface area contributed by atoms with Crippen molar-refractivity contribution in [1.82, 2.24) is 10.6 Å². The number of nitrogens with zero attached hydrogens (tertiary/aromatic N) is 1. The van der Waals surface area contributed by atoms with Gasteiger partial charge in [0, 0.05) is 27.2 Å². The summed E-state index contributed by atoms with van der Waals surface area (Å²) < 4.78 is 9.52. The summed E-state index contributed by atoms with van der Waals surface area (Å²) >= 11 is 0. The molecule has 0 rings (SSSR count). The molecule has 0 saturated carbocycles. The van der Waals surface area contributed by atoms with Gasteiger partial charge in [0.1, 0.15) is 0 Å². The lowest BCUT2D eigenvalue weighted by molar-refractivity contribution is -0.144. The van der Waals surface area contributed by atoms with Gasteiger partial charge in [0.25, 0.3) is 0 Å². The van der Waals surface area contributed by atoms with Crippen molar-refractivity contribution < 1.29 is 14.3 Å². The number of nitrogens with one attached hydrogen (secondary N) is 2. The number of carbonyl (C=O) groups excluding carboxylic acids is 1. The molecule has 7 heteroatoms. The van der Waals surface area contributed by atoms with Gasteiger partial charge < -0.3 is 20.1 Å². The lowest BCUT2D eigenvalue weighted by atomic mass is 10.2. The average Bonchev–Trinajstić information content (AvgIpc) is 2.32. The zero-order chi connectivity index (χ0) is 12.4. The fourth-order valence-corrected chi connectivity index (χ4v) is 1.03. The van der Waals surface area contributed by atoms with E-state index in [1.165, 1.54) is 7.11 Å². The molecule has 0 heterocycles. The maximum atomic E-state index is 11.1. The molecule has 6 nitrogen and oxygen atoms in total. The minimum atomic E-state index is -0.236. The molecule has 102 valence electrons. The molecule has 2 N–H and O–H groups in total. The van der Waals surface area contributed by atoms with E-state index in [0.717, 1.165) is 0 Å². The Balaban J connectivity index is 0. The highest BCUT2D eigenvalue weighted by atomic mass is 127. The van der Waals surface area contributed by atoms with Crippen LogP contribution in [0, 0.1) is 5.92 Å². The van der Waals surface area contributed by atoms with E-state index in [-0.39, 0.29) is 35.9 Å². The van der Waals surface area contributed by atoms with Crippen molar-refractivity contribution in [3.63, 3.8) is 0 Å². The minimum absolute atomic E-state index is 0. The molecular weight excluding hydrogens is 337 g/mol. The molecule has 0 bridgehead atoms. The first kappa shape index (κ1) is 18.8. The van der Waals surface area contributed by atoms with E-state index in [1.807, 2.05) is 0 Å². The van der Waals surface area contributed by atoms with Gasteiger partial charge in [0.15, 0.2) is 5.96 Å². The number of esters is 1. The number of hydrogen-bond donors (Lipinski definition) is 2. The Morgan fingerprint density at radius 1 is 1.35 bits per heavy atom. The predicted molar refractivity (Wildman–Crippen MR) is 77.8 cm³/mol. The Morgan fingerprint density at radius 3 is 2.47 bits per heavy atom. The number of carbonyl (C=O) groups is 1. The molecule has 17 heavy (non-hydrogen) atoms. The fraction of sp³-hybridized carbons (Fsp3) is 0.800. The van der Waals surface area contributed by atoms with Crippen molar-refractivity contribution >= 4 is 35.9 Å². The van der Waals surface area contributed by atoms with Crippen LogP contribution in [0.1, 0.15) is 6.92 Å². The van der Waals surface area contributed by atoms with Crippen LogP contribution in [0.3, 0.4) is 0 Å². The third-order valence-corrected chi connectivity index (χ3v) is 2.00. The Bertz CT molecular complexity index is 237. The van der Waals surface area contributed by atoms with Gasteiger partial charge in [-0.25, -0.2) is 0 Å². The summed E-state index contributed by atoms with van der Waals surface area (Å²) in [4.78, 5) is 15.1. The number of rotatable bonds is 6. The second kappa shape index (κ2) is 11.9. The topological polar surface area (TPSA) is 72.0 Å². The van der Waals surface area contributed by atoms with Crippen molar-refractivity contribution in [2.45, 2.75) is 6.92 Å². The van der Waals surface area contributed by atoms with Crippen LogP contribution in [-0.4, -0.2) is 52.9 Å². The first-order valence-electron chi connectivity index (χ1n) is 5.17. The molecule has 0 aromatic carbocycles. The molecule has 0 fully saturated rings. The molecule has 0 aliphatic heterocycles. The molecule has 1 unspecified atom stereocenters. The fourth-order valence-electron chi connectivity index (χ4n) is 1.03. The first-order chi connectivity index (χ1) is 7.65. The van der Waals surface area contributed by atoms with E-state index < -0.39 is 0 Å². The summed E-state index contributed by atoms with van der Waals surface area (Å²) in [5.74, 6) is 0.207. The Morgan fingerprint density at radius 2 is 2.00 bits per heavy atom. The molecule has 0 aromatic heterocycles. The van der Waals surface area contributed by atoms with Gasteiger partial charge in [-0.05, 0) is 0 Å². The van der Waals surface area contributed by atoms with Crippen LogP contribution in [0.2, 0.25) is 0 Å². The SMILES string of the molecule is CN=C(NCCOC)NCC(C)C(=O)OC.I. The number of halogens is 1. The van der Waals surface area contributed by atoms with Gasteiger partial charge in [0.2, 0.25) is 0 Å². The smallest absolute Gasteiger partial charge is 0.310 e. The van der Waals surface area contributed by atoms with Crippen LogP contribution in [-0.2, 0) is 14.3 Å². The second-order valence-corrected chi connectivity index (χ2v) is 3.30. The maximum absolute atomic E-state index is 11.1. The zero-order valence-electron chi connectivity index (χ0n) is 10.8. The number of methoxy groups -OCH3 is 2. The van der Waals surface area contributed by atoms with E-state index in [1.54, 1.807) is 21.1 Å². The van der Waals surface area contributed by atoms with Crippen molar-refractivity contribution in [3.05, 3.63) is 0 Å². The maximum Gasteiger partial charge on any atom is 0.310 e. The lowest BCUT2D eigenvalue weighted by Crippen LogP contribution is -2.41. The standard InChI is InChI=1S/C10H21N3O3.HI/c1-8(9(14)16-4)7-13-10(11-2)12-5-6-15-3;/h8H,5-7H2,1-4H3,(H2,11,12,13);1H. The Kier molecular flexibility index (Phi) is 13.2. The highest BCUT2D eigenvalue weighted by Crippen LogP contribution is 1.94. The van der Waals surface area contributed by atoms with Gasteiger partial charge in [-0.1, -0.05) is 6.92 Å². The van der Waals surface area contributed by atoms with Crippen molar-refractivity contribution in [2.24, 2.45) is 10.9 Å².